The molecule has 7 heteroatoms. The SMILES string of the molecule is C[C@@H]1CN(C[C@H](O)CN2C(=O)[C@@H]3CCCN3C2=O)C[C@H](C)O1. The molecule has 3 aliphatic heterocycles. The van der Waals surface area contributed by atoms with Crippen molar-refractivity contribution in [2.75, 3.05) is 32.7 Å². The van der Waals surface area contributed by atoms with Crippen LogP contribution in [0, 0.1) is 0 Å². The van der Waals surface area contributed by atoms with Crippen LogP contribution < -0.4 is 0 Å². The van der Waals surface area contributed by atoms with E-state index in [4.69, 9.17) is 4.74 Å². The molecule has 124 valence electrons. The van der Waals surface area contributed by atoms with Crippen LogP contribution in [0.5, 0.6) is 0 Å². The third kappa shape index (κ3) is 2.98. The molecule has 3 saturated heterocycles. The summed E-state index contributed by atoms with van der Waals surface area (Å²) in [7, 11) is 0. The Kier molecular flexibility index (Phi) is 4.38. The lowest BCUT2D eigenvalue weighted by Crippen LogP contribution is -2.50. The molecule has 4 atom stereocenters. The van der Waals surface area contributed by atoms with E-state index in [1.165, 1.54) is 4.90 Å². The van der Waals surface area contributed by atoms with Gasteiger partial charge in [0.25, 0.3) is 5.91 Å². The number of hydrogen-bond acceptors (Lipinski definition) is 5. The van der Waals surface area contributed by atoms with Crippen molar-refractivity contribution in [2.24, 2.45) is 0 Å². The van der Waals surface area contributed by atoms with Crippen LogP contribution in [0.3, 0.4) is 0 Å². The summed E-state index contributed by atoms with van der Waals surface area (Å²) in [6, 6.07) is -0.529. The number of rotatable bonds is 4. The molecule has 0 bridgehead atoms. The molecule has 0 saturated carbocycles. The van der Waals surface area contributed by atoms with Gasteiger partial charge in [0.1, 0.15) is 6.04 Å². The zero-order valence-electron chi connectivity index (χ0n) is 13.3. The second-order valence-electron chi connectivity index (χ2n) is 6.71. The average molecular weight is 311 g/mol. The van der Waals surface area contributed by atoms with Gasteiger partial charge < -0.3 is 14.7 Å². The minimum absolute atomic E-state index is 0.0881. The monoisotopic (exact) mass is 311 g/mol. The van der Waals surface area contributed by atoms with E-state index in [1.807, 2.05) is 13.8 Å². The first-order valence-corrected chi connectivity index (χ1v) is 8.13. The molecular weight excluding hydrogens is 286 g/mol. The Morgan fingerprint density at radius 2 is 1.91 bits per heavy atom. The molecule has 3 fully saturated rings. The highest BCUT2D eigenvalue weighted by Gasteiger charge is 2.47. The van der Waals surface area contributed by atoms with Gasteiger partial charge in [-0.15, -0.1) is 0 Å². The number of nitrogens with zero attached hydrogens (tertiary/aromatic N) is 3. The molecule has 1 N–H and O–H groups in total. The molecular formula is C15H25N3O4. The minimum Gasteiger partial charge on any atom is -0.390 e. The molecule has 3 amide bonds. The minimum atomic E-state index is -0.717. The summed E-state index contributed by atoms with van der Waals surface area (Å²) in [5.41, 5.74) is 0. The molecule has 3 aliphatic rings. The van der Waals surface area contributed by atoms with Gasteiger partial charge in [0.2, 0.25) is 0 Å². The van der Waals surface area contributed by atoms with Crippen LogP contribution >= 0.6 is 0 Å². The fraction of sp³-hybridized carbons (Fsp3) is 0.867. The molecule has 0 aromatic heterocycles. The smallest absolute Gasteiger partial charge is 0.327 e. The van der Waals surface area contributed by atoms with Gasteiger partial charge in [0.05, 0.1) is 24.9 Å². The molecule has 0 aromatic carbocycles. The Morgan fingerprint density at radius 3 is 2.55 bits per heavy atom. The maximum absolute atomic E-state index is 12.2. The summed E-state index contributed by atoms with van der Waals surface area (Å²) in [4.78, 5) is 29.5. The fourth-order valence-corrected chi connectivity index (χ4v) is 3.85. The largest absolute Gasteiger partial charge is 0.390 e. The molecule has 0 aliphatic carbocycles. The van der Waals surface area contributed by atoms with E-state index >= 15 is 0 Å². The molecule has 3 heterocycles. The van der Waals surface area contributed by atoms with Crippen molar-refractivity contribution < 1.29 is 19.4 Å². The van der Waals surface area contributed by atoms with E-state index in [-0.39, 0.29) is 36.7 Å². The Bertz CT molecular complexity index is 426. The maximum Gasteiger partial charge on any atom is 0.327 e. The standard InChI is InChI=1S/C15H25N3O4/c1-10-6-16(7-11(2)22-10)8-12(19)9-18-14(20)13-4-3-5-17(13)15(18)21/h10-13,19H,3-9H2,1-2H3/t10-,11+,12-,13-/m0/s1. The molecule has 0 spiro atoms. The van der Waals surface area contributed by atoms with Gasteiger partial charge in [0.15, 0.2) is 0 Å². The van der Waals surface area contributed by atoms with Crippen LogP contribution in [-0.2, 0) is 9.53 Å². The number of aliphatic hydroxyl groups is 1. The number of carbonyl (C=O) groups excluding carboxylic acids is 2. The summed E-state index contributed by atoms with van der Waals surface area (Å²) < 4.78 is 5.67. The van der Waals surface area contributed by atoms with Crippen molar-refractivity contribution in [3.8, 4) is 0 Å². The molecule has 3 rings (SSSR count). The number of imide groups is 1. The van der Waals surface area contributed by atoms with E-state index < -0.39 is 6.10 Å². The van der Waals surface area contributed by atoms with E-state index in [1.54, 1.807) is 4.90 Å². The Labute approximate surface area is 130 Å². The zero-order valence-corrected chi connectivity index (χ0v) is 13.3. The summed E-state index contributed by atoms with van der Waals surface area (Å²) in [5.74, 6) is -0.148. The third-order valence-electron chi connectivity index (χ3n) is 4.64. The van der Waals surface area contributed by atoms with Crippen molar-refractivity contribution >= 4 is 11.9 Å². The van der Waals surface area contributed by atoms with Crippen molar-refractivity contribution in [1.82, 2.24) is 14.7 Å². The van der Waals surface area contributed by atoms with Gasteiger partial charge in [0, 0.05) is 26.2 Å². The van der Waals surface area contributed by atoms with Gasteiger partial charge in [-0.1, -0.05) is 0 Å². The zero-order chi connectivity index (χ0) is 15.9. The number of fused-ring (bicyclic) bond motifs is 1. The normalized spacial score (nSPS) is 34.4. The summed E-state index contributed by atoms with van der Waals surface area (Å²) in [5, 5.41) is 10.3. The van der Waals surface area contributed by atoms with Crippen LogP contribution in [0.4, 0.5) is 4.79 Å². The number of hydrogen-bond donors (Lipinski definition) is 1. The number of β-amino-alcohol motifs (C(OH)–C–C–N with tert-alkyl or cyclic N) is 1. The van der Waals surface area contributed by atoms with Gasteiger partial charge in [-0.3, -0.25) is 14.6 Å². The second-order valence-corrected chi connectivity index (χ2v) is 6.71. The lowest BCUT2D eigenvalue weighted by molar-refractivity contribution is -0.129. The second kappa shape index (κ2) is 6.14. The summed E-state index contributed by atoms with van der Waals surface area (Å²) in [6.07, 6.45) is 1.19. The van der Waals surface area contributed by atoms with Crippen molar-refractivity contribution in [1.29, 1.82) is 0 Å². The lowest BCUT2D eigenvalue weighted by Gasteiger charge is -2.36. The molecule has 7 nitrogen and oxygen atoms in total. The van der Waals surface area contributed by atoms with Gasteiger partial charge in [-0.2, -0.15) is 0 Å². The predicted octanol–water partition coefficient (Wildman–Crippen LogP) is -0.117. The molecule has 0 aromatic rings. The van der Waals surface area contributed by atoms with E-state index in [9.17, 15) is 14.7 Å². The quantitative estimate of drug-likeness (QED) is 0.733. The van der Waals surface area contributed by atoms with E-state index in [0.29, 0.717) is 13.1 Å². The van der Waals surface area contributed by atoms with Crippen LogP contribution in [0.25, 0.3) is 0 Å². The topological polar surface area (TPSA) is 73.3 Å². The molecule has 0 radical (unpaired) electrons. The van der Waals surface area contributed by atoms with E-state index in [0.717, 1.165) is 25.9 Å². The molecule has 0 unspecified atom stereocenters. The third-order valence-corrected chi connectivity index (χ3v) is 4.64. The highest BCUT2D eigenvalue weighted by atomic mass is 16.5. The van der Waals surface area contributed by atoms with Crippen molar-refractivity contribution in [3.05, 3.63) is 0 Å². The van der Waals surface area contributed by atoms with Gasteiger partial charge in [-0.05, 0) is 26.7 Å². The number of ether oxygens (including phenoxy) is 1. The van der Waals surface area contributed by atoms with Crippen molar-refractivity contribution in [2.45, 2.75) is 51.0 Å². The van der Waals surface area contributed by atoms with Crippen LogP contribution in [0.15, 0.2) is 0 Å². The van der Waals surface area contributed by atoms with Gasteiger partial charge in [-0.25, -0.2) is 4.79 Å². The van der Waals surface area contributed by atoms with Crippen LogP contribution in [0.2, 0.25) is 0 Å². The number of amides is 3. The number of carbonyl (C=O) groups is 2. The number of aliphatic hydroxyl groups excluding tert-OH is 1. The Hall–Kier alpha value is -1.18. The van der Waals surface area contributed by atoms with Crippen LogP contribution in [-0.4, -0.2) is 88.8 Å². The lowest BCUT2D eigenvalue weighted by atomic mass is 10.2. The Balaban J connectivity index is 1.54. The summed E-state index contributed by atoms with van der Waals surface area (Å²) in [6.45, 7) is 6.75. The number of urea groups is 1. The highest BCUT2D eigenvalue weighted by molar-refractivity contribution is 6.04. The predicted molar refractivity (Wildman–Crippen MR) is 79.3 cm³/mol. The maximum atomic E-state index is 12.2. The fourth-order valence-electron chi connectivity index (χ4n) is 3.85. The van der Waals surface area contributed by atoms with Crippen LogP contribution in [0.1, 0.15) is 26.7 Å². The number of morpholine rings is 1. The van der Waals surface area contributed by atoms with E-state index in [2.05, 4.69) is 4.90 Å². The average Bonchev–Trinajstić information content (AvgIpc) is 2.98. The Morgan fingerprint density at radius 1 is 1.23 bits per heavy atom. The molecule has 22 heavy (non-hydrogen) atoms. The van der Waals surface area contributed by atoms with Gasteiger partial charge >= 0.3 is 6.03 Å². The van der Waals surface area contributed by atoms with Crippen molar-refractivity contribution in [3.63, 3.8) is 0 Å². The highest BCUT2D eigenvalue weighted by Crippen LogP contribution is 2.27. The summed E-state index contributed by atoms with van der Waals surface area (Å²) >= 11 is 0. The first kappa shape index (κ1) is 15.7. The first-order valence-electron chi connectivity index (χ1n) is 8.13. The first-order chi connectivity index (χ1) is 10.5.